The van der Waals surface area contributed by atoms with E-state index in [0.717, 1.165) is 21.9 Å². The van der Waals surface area contributed by atoms with E-state index in [9.17, 15) is 14.9 Å². The van der Waals surface area contributed by atoms with Crippen molar-refractivity contribution in [1.29, 1.82) is 0 Å². The number of imidazole rings is 1. The molecule has 0 radical (unpaired) electrons. The van der Waals surface area contributed by atoms with Gasteiger partial charge in [-0.25, -0.2) is 4.79 Å². The summed E-state index contributed by atoms with van der Waals surface area (Å²) in [4.78, 5) is 24.4. The fourth-order valence-electron chi connectivity index (χ4n) is 3.89. The average Bonchev–Trinajstić information content (AvgIpc) is 3.04. The van der Waals surface area contributed by atoms with Crippen molar-refractivity contribution in [3.8, 4) is 5.69 Å². The summed E-state index contributed by atoms with van der Waals surface area (Å²) < 4.78 is 3.22. The van der Waals surface area contributed by atoms with Crippen molar-refractivity contribution in [2.75, 3.05) is 5.73 Å². The lowest BCUT2D eigenvalue weighted by Crippen LogP contribution is -2.23. The van der Waals surface area contributed by atoms with Crippen LogP contribution in [0.4, 0.5) is 11.4 Å². The Bertz CT molecular complexity index is 1510. The molecule has 0 unspecified atom stereocenters. The molecular formula is C24H18N4O3. The van der Waals surface area contributed by atoms with E-state index >= 15 is 0 Å². The molecule has 0 fully saturated rings. The molecule has 0 saturated carbocycles. The monoisotopic (exact) mass is 410 g/mol. The highest BCUT2D eigenvalue weighted by atomic mass is 16.6. The van der Waals surface area contributed by atoms with Gasteiger partial charge in [0, 0.05) is 17.8 Å². The van der Waals surface area contributed by atoms with Gasteiger partial charge in [0.15, 0.2) is 0 Å². The number of nitrogens with zero attached hydrogens (tertiary/aromatic N) is 3. The van der Waals surface area contributed by atoms with E-state index in [1.54, 1.807) is 28.8 Å². The molecule has 0 bridgehead atoms. The van der Waals surface area contributed by atoms with Gasteiger partial charge in [0.2, 0.25) is 0 Å². The lowest BCUT2D eigenvalue weighted by atomic mass is 10.1. The zero-order chi connectivity index (χ0) is 21.5. The number of fused-ring (bicyclic) bond motifs is 2. The number of non-ortho nitro benzene ring substituents is 1. The maximum Gasteiger partial charge on any atom is 0.334 e. The Labute approximate surface area is 176 Å². The lowest BCUT2D eigenvalue weighted by Gasteiger charge is -2.05. The Morgan fingerprint density at radius 3 is 2.19 bits per heavy atom. The van der Waals surface area contributed by atoms with E-state index < -0.39 is 4.92 Å². The third-order valence-corrected chi connectivity index (χ3v) is 5.42. The molecule has 152 valence electrons. The van der Waals surface area contributed by atoms with Gasteiger partial charge in [-0.15, -0.1) is 0 Å². The molecule has 5 rings (SSSR count). The Hall–Kier alpha value is -4.39. The Kier molecular flexibility index (Phi) is 4.29. The highest BCUT2D eigenvalue weighted by Gasteiger charge is 2.18. The van der Waals surface area contributed by atoms with Crippen LogP contribution in [0.5, 0.6) is 0 Å². The van der Waals surface area contributed by atoms with Crippen LogP contribution in [0.2, 0.25) is 0 Å². The topological polar surface area (TPSA) is 96.1 Å². The summed E-state index contributed by atoms with van der Waals surface area (Å²) in [6, 6.07) is 25.3. The molecule has 7 nitrogen and oxygen atoms in total. The van der Waals surface area contributed by atoms with Crippen molar-refractivity contribution < 1.29 is 4.92 Å². The molecule has 0 spiro atoms. The molecular weight excluding hydrogens is 392 g/mol. The van der Waals surface area contributed by atoms with Crippen LogP contribution in [0.15, 0.2) is 89.7 Å². The second kappa shape index (κ2) is 7.14. The molecule has 0 aliphatic carbocycles. The van der Waals surface area contributed by atoms with Gasteiger partial charge >= 0.3 is 5.69 Å². The van der Waals surface area contributed by atoms with Gasteiger partial charge in [-0.3, -0.25) is 19.2 Å². The zero-order valence-electron chi connectivity index (χ0n) is 16.4. The van der Waals surface area contributed by atoms with Crippen molar-refractivity contribution >= 4 is 33.2 Å². The van der Waals surface area contributed by atoms with Crippen LogP contribution < -0.4 is 11.4 Å². The van der Waals surface area contributed by atoms with Crippen LogP contribution >= 0.6 is 0 Å². The number of hydrogen-bond donors (Lipinski definition) is 1. The summed E-state index contributed by atoms with van der Waals surface area (Å²) in [7, 11) is 0. The minimum atomic E-state index is -0.461. The molecule has 1 aromatic heterocycles. The summed E-state index contributed by atoms with van der Waals surface area (Å²) in [5.41, 5.74) is 8.96. The van der Waals surface area contributed by atoms with Crippen LogP contribution in [0.25, 0.3) is 27.5 Å². The first kappa shape index (κ1) is 18.6. The van der Waals surface area contributed by atoms with Crippen molar-refractivity contribution in [2.24, 2.45) is 0 Å². The SMILES string of the molecule is Nc1ccc(Cn2c(=O)n(-c3cccc([N+](=O)[O-])c3)c3cc4ccccc4cc32)cc1. The van der Waals surface area contributed by atoms with Crippen molar-refractivity contribution in [2.45, 2.75) is 6.54 Å². The third kappa shape index (κ3) is 3.22. The van der Waals surface area contributed by atoms with E-state index in [1.165, 1.54) is 16.7 Å². The molecule has 0 aliphatic rings. The number of nitro groups is 1. The molecule has 0 amide bonds. The molecule has 5 aromatic rings. The van der Waals surface area contributed by atoms with E-state index in [2.05, 4.69) is 0 Å². The second-order valence-electron chi connectivity index (χ2n) is 7.41. The fraction of sp³-hybridized carbons (Fsp3) is 0.0417. The smallest absolute Gasteiger partial charge is 0.334 e. The molecule has 7 heteroatoms. The van der Waals surface area contributed by atoms with Gasteiger partial charge in [0.05, 0.1) is 28.2 Å². The van der Waals surface area contributed by atoms with Gasteiger partial charge in [0.25, 0.3) is 5.69 Å². The fourth-order valence-corrected chi connectivity index (χ4v) is 3.89. The predicted molar refractivity (Wildman–Crippen MR) is 122 cm³/mol. The van der Waals surface area contributed by atoms with E-state index in [0.29, 0.717) is 23.4 Å². The summed E-state index contributed by atoms with van der Waals surface area (Å²) in [5.74, 6) is 0. The van der Waals surface area contributed by atoms with Gasteiger partial charge in [-0.1, -0.05) is 42.5 Å². The first-order valence-corrected chi connectivity index (χ1v) is 9.74. The molecule has 2 N–H and O–H groups in total. The summed E-state index contributed by atoms with van der Waals surface area (Å²) in [6.07, 6.45) is 0. The second-order valence-corrected chi connectivity index (χ2v) is 7.41. The van der Waals surface area contributed by atoms with Crippen molar-refractivity contribution in [3.63, 3.8) is 0 Å². The maximum atomic E-state index is 13.6. The average molecular weight is 410 g/mol. The van der Waals surface area contributed by atoms with Crippen LogP contribution in [0.3, 0.4) is 0 Å². The molecule has 0 aliphatic heterocycles. The van der Waals surface area contributed by atoms with E-state index in [1.807, 2.05) is 48.5 Å². The Balaban J connectivity index is 1.80. The Morgan fingerprint density at radius 2 is 1.52 bits per heavy atom. The van der Waals surface area contributed by atoms with Crippen LogP contribution in [0.1, 0.15) is 5.56 Å². The first-order valence-electron chi connectivity index (χ1n) is 9.74. The number of nitrogens with two attached hydrogens (primary N) is 1. The molecule has 0 saturated heterocycles. The quantitative estimate of drug-likeness (QED) is 0.268. The number of aromatic nitrogens is 2. The van der Waals surface area contributed by atoms with E-state index in [-0.39, 0.29) is 11.4 Å². The third-order valence-electron chi connectivity index (χ3n) is 5.42. The predicted octanol–water partition coefficient (Wildman–Crippen LogP) is 4.48. The number of nitro benzene ring substituents is 1. The normalized spacial score (nSPS) is 11.2. The van der Waals surface area contributed by atoms with E-state index in [4.69, 9.17) is 5.73 Å². The number of rotatable bonds is 4. The molecule has 31 heavy (non-hydrogen) atoms. The maximum absolute atomic E-state index is 13.6. The van der Waals surface area contributed by atoms with Crippen LogP contribution in [-0.2, 0) is 6.54 Å². The summed E-state index contributed by atoms with van der Waals surface area (Å²) >= 11 is 0. The Morgan fingerprint density at radius 1 is 0.839 bits per heavy atom. The summed E-state index contributed by atoms with van der Waals surface area (Å²) in [5, 5.41) is 13.3. The number of hydrogen-bond acceptors (Lipinski definition) is 4. The minimum absolute atomic E-state index is 0.0652. The highest BCUT2D eigenvalue weighted by molar-refractivity contribution is 5.96. The summed E-state index contributed by atoms with van der Waals surface area (Å²) in [6.45, 7) is 0.357. The van der Waals surface area contributed by atoms with Crippen LogP contribution in [0, 0.1) is 10.1 Å². The van der Waals surface area contributed by atoms with Crippen molar-refractivity contribution in [1.82, 2.24) is 9.13 Å². The first-order chi connectivity index (χ1) is 15.0. The van der Waals surface area contributed by atoms with Crippen LogP contribution in [-0.4, -0.2) is 14.1 Å². The largest absolute Gasteiger partial charge is 0.399 e. The molecule has 4 aromatic carbocycles. The minimum Gasteiger partial charge on any atom is -0.399 e. The zero-order valence-corrected chi connectivity index (χ0v) is 16.4. The number of nitrogen functional groups attached to an aromatic ring is 1. The highest BCUT2D eigenvalue weighted by Crippen LogP contribution is 2.26. The van der Waals surface area contributed by atoms with Gasteiger partial charge in [0.1, 0.15) is 0 Å². The van der Waals surface area contributed by atoms with Gasteiger partial charge in [-0.2, -0.15) is 0 Å². The lowest BCUT2D eigenvalue weighted by molar-refractivity contribution is -0.384. The number of benzene rings is 4. The number of anilines is 1. The molecule has 0 atom stereocenters. The molecule has 1 heterocycles. The standard InChI is InChI=1S/C24H18N4O3/c25-19-10-8-16(9-11-19)15-26-22-12-17-4-1-2-5-18(17)13-23(22)27(24(26)29)20-6-3-7-21(14-20)28(30)31/h1-14H,15,25H2. The van der Waals surface area contributed by atoms with Gasteiger partial charge < -0.3 is 5.73 Å². The van der Waals surface area contributed by atoms with Gasteiger partial charge in [-0.05, 0) is 46.7 Å². The van der Waals surface area contributed by atoms with Crippen molar-refractivity contribution in [3.05, 3.63) is 111 Å².